The number of hydrogen-bond acceptors (Lipinski definition) is 3. The number of carbonyl (C=O) groups is 1. The zero-order chi connectivity index (χ0) is 22.2. The van der Waals surface area contributed by atoms with E-state index in [1.54, 1.807) is 6.07 Å². The lowest BCUT2D eigenvalue weighted by molar-refractivity contribution is 0.0911. The minimum absolute atomic E-state index is 0.123. The van der Waals surface area contributed by atoms with Gasteiger partial charge in [0.1, 0.15) is 5.58 Å². The van der Waals surface area contributed by atoms with Gasteiger partial charge in [-0.15, -0.1) is 0 Å². The molecule has 0 aliphatic carbocycles. The number of likely N-dealkylation sites (tertiary alicyclic amines) is 1. The molecule has 1 atom stereocenters. The standard InChI is InChI=1S/C26H31ClN2O2/c1-17-21-15-20(27)11-12-23(21)31-24(17)25(30)28-16-22(29-13-5-6-14-29)18-7-9-19(10-8-18)26(2,3)4/h7-12,15,22H,5-6,13-14,16H2,1-4H3,(H,28,30). The van der Waals surface area contributed by atoms with Crippen molar-refractivity contribution >= 4 is 28.5 Å². The maximum atomic E-state index is 13.0. The van der Waals surface area contributed by atoms with Crippen molar-refractivity contribution in [1.29, 1.82) is 0 Å². The van der Waals surface area contributed by atoms with Gasteiger partial charge in [0.25, 0.3) is 5.91 Å². The largest absolute Gasteiger partial charge is 0.451 e. The number of nitrogens with zero attached hydrogens (tertiary/aromatic N) is 1. The highest BCUT2D eigenvalue weighted by atomic mass is 35.5. The van der Waals surface area contributed by atoms with E-state index in [1.165, 1.54) is 24.0 Å². The highest BCUT2D eigenvalue weighted by Gasteiger charge is 2.26. The molecule has 1 aliphatic rings. The number of benzene rings is 2. The van der Waals surface area contributed by atoms with Gasteiger partial charge in [0.15, 0.2) is 5.76 Å². The molecule has 1 amide bonds. The minimum Gasteiger partial charge on any atom is -0.451 e. The smallest absolute Gasteiger partial charge is 0.287 e. The van der Waals surface area contributed by atoms with E-state index >= 15 is 0 Å². The van der Waals surface area contributed by atoms with E-state index in [1.807, 2.05) is 19.1 Å². The summed E-state index contributed by atoms with van der Waals surface area (Å²) < 4.78 is 5.85. The Kier molecular flexibility index (Phi) is 6.14. The van der Waals surface area contributed by atoms with Crippen LogP contribution in [0.25, 0.3) is 11.0 Å². The molecule has 1 unspecified atom stereocenters. The molecule has 0 bridgehead atoms. The second-order valence-corrected chi connectivity index (χ2v) is 9.97. The van der Waals surface area contributed by atoms with Crippen molar-refractivity contribution in [3.63, 3.8) is 0 Å². The Hall–Kier alpha value is -2.30. The monoisotopic (exact) mass is 438 g/mol. The summed E-state index contributed by atoms with van der Waals surface area (Å²) in [5.74, 6) is 0.181. The highest BCUT2D eigenvalue weighted by Crippen LogP contribution is 2.30. The van der Waals surface area contributed by atoms with Gasteiger partial charge in [-0.3, -0.25) is 9.69 Å². The zero-order valence-electron chi connectivity index (χ0n) is 18.8. The molecule has 4 nitrogen and oxygen atoms in total. The summed E-state index contributed by atoms with van der Waals surface area (Å²) >= 11 is 6.11. The lowest BCUT2D eigenvalue weighted by atomic mass is 9.86. The predicted molar refractivity (Wildman–Crippen MR) is 127 cm³/mol. The van der Waals surface area contributed by atoms with E-state index in [0.717, 1.165) is 24.0 Å². The Labute approximate surface area is 189 Å². The van der Waals surface area contributed by atoms with Crippen LogP contribution in [0.2, 0.25) is 5.02 Å². The summed E-state index contributed by atoms with van der Waals surface area (Å²) in [7, 11) is 0. The Morgan fingerprint density at radius 2 is 1.81 bits per heavy atom. The van der Waals surface area contributed by atoms with Crippen molar-refractivity contribution < 1.29 is 9.21 Å². The van der Waals surface area contributed by atoms with E-state index in [0.29, 0.717) is 22.9 Å². The molecule has 5 heteroatoms. The summed E-state index contributed by atoms with van der Waals surface area (Å²) in [4.78, 5) is 15.5. The summed E-state index contributed by atoms with van der Waals surface area (Å²) in [5, 5.41) is 4.64. The van der Waals surface area contributed by atoms with Crippen LogP contribution in [-0.2, 0) is 5.41 Å². The van der Waals surface area contributed by atoms with Gasteiger partial charge in [-0.2, -0.15) is 0 Å². The molecular formula is C26H31ClN2O2. The van der Waals surface area contributed by atoms with Crippen molar-refractivity contribution in [1.82, 2.24) is 10.2 Å². The second kappa shape index (κ2) is 8.68. The summed E-state index contributed by atoms with van der Waals surface area (Å²) in [6, 6.07) is 14.4. The fraction of sp³-hybridized carbons (Fsp3) is 0.423. The molecular weight excluding hydrogens is 408 g/mol. The van der Waals surface area contributed by atoms with Crippen molar-refractivity contribution in [3.8, 4) is 0 Å². The summed E-state index contributed by atoms with van der Waals surface area (Å²) in [6.07, 6.45) is 2.40. The molecule has 3 aromatic rings. The number of nitrogens with one attached hydrogen (secondary N) is 1. The summed E-state index contributed by atoms with van der Waals surface area (Å²) in [5.41, 5.74) is 4.18. The molecule has 0 spiro atoms. The molecule has 4 rings (SSSR count). The minimum atomic E-state index is -0.180. The molecule has 0 saturated carbocycles. The Morgan fingerprint density at radius 3 is 2.45 bits per heavy atom. The number of rotatable bonds is 5. The molecule has 1 aliphatic heterocycles. The van der Waals surface area contributed by atoms with Gasteiger partial charge in [-0.1, -0.05) is 56.6 Å². The van der Waals surface area contributed by atoms with E-state index in [2.05, 4.69) is 55.3 Å². The van der Waals surface area contributed by atoms with Crippen LogP contribution in [0.3, 0.4) is 0 Å². The predicted octanol–water partition coefficient (Wildman–Crippen LogP) is 6.26. The highest BCUT2D eigenvalue weighted by molar-refractivity contribution is 6.31. The number of fused-ring (bicyclic) bond motifs is 1. The van der Waals surface area contributed by atoms with Crippen LogP contribution in [0.15, 0.2) is 46.9 Å². The molecule has 164 valence electrons. The van der Waals surface area contributed by atoms with Crippen LogP contribution < -0.4 is 5.32 Å². The Bertz CT molecular complexity index is 1070. The number of carbonyl (C=O) groups excluding carboxylic acids is 1. The third-order valence-electron chi connectivity index (χ3n) is 6.30. The Morgan fingerprint density at radius 1 is 1.13 bits per heavy atom. The molecule has 1 saturated heterocycles. The molecule has 1 N–H and O–H groups in total. The van der Waals surface area contributed by atoms with Crippen molar-refractivity contribution in [2.75, 3.05) is 19.6 Å². The number of amides is 1. The van der Waals surface area contributed by atoms with Crippen molar-refractivity contribution in [3.05, 3.63) is 69.9 Å². The molecule has 1 aromatic heterocycles. The lowest BCUT2D eigenvalue weighted by Gasteiger charge is -2.29. The molecule has 2 aromatic carbocycles. The zero-order valence-corrected chi connectivity index (χ0v) is 19.6. The van der Waals surface area contributed by atoms with Gasteiger partial charge < -0.3 is 9.73 Å². The van der Waals surface area contributed by atoms with E-state index in [4.69, 9.17) is 16.0 Å². The average molecular weight is 439 g/mol. The quantitative estimate of drug-likeness (QED) is 0.511. The third kappa shape index (κ3) is 4.65. The first kappa shape index (κ1) is 21.9. The molecule has 31 heavy (non-hydrogen) atoms. The first-order valence-corrected chi connectivity index (χ1v) is 11.4. The SMILES string of the molecule is Cc1c(C(=O)NCC(c2ccc(C(C)(C)C)cc2)N2CCCC2)oc2ccc(Cl)cc12. The average Bonchev–Trinajstić information content (AvgIpc) is 3.37. The van der Waals surface area contributed by atoms with Gasteiger partial charge in [0, 0.05) is 22.5 Å². The summed E-state index contributed by atoms with van der Waals surface area (Å²) in [6.45, 7) is 11.2. The number of furan rings is 1. The van der Waals surface area contributed by atoms with E-state index in [9.17, 15) is 4.79 Å². The fourth-order valence-electron chi connectivity index (χ4n) is 4.40. The van der Waals surface area contributed by atoms with Gasteiger partial charge in [-0.05, 0) is 67.6 Å². The number of aryl methyl sites for hydroxylation is 1. The molecule has 1 fully saturated rings. The number of halogens is 1. The first-order chi connectivity index (χ1) is 14.7. The third-order valence-corrected chi connectivity index (χ3v) is 6.54. The van der Waals surface area contributed by atoms with Crippen molar-refractivity contribution in [2.24, 2.45) is 0 Å². The number of hydrogen-bond donors (Lipinski definition) is 1. The normalized spacial score (nSPS) is 16.0. The van der Waals surface area contributed by atoms with Crippen LogP contribution in [0, 0.1) is 6.92 Å². The van der Waals surface area contributed by atoms with Gasteiger partial charge in [0.05, 0.1) is 6.04 Å². The maximum absolute atomic E-state index is 13.0. The Balaban J connectivity index is 1.54. The molecule has 0 radical (unpaired) electrons. The van der Waals surface area contributed by atoms with Gasteiger partial charge in [0.2, 0.25) is 0 Å². The second-order valence-electron chi connectivity index (χ2n) is 9.54. The van der Waals surface area contributed by atoms with Crippen LogP contribution in [0.4, 0.5) is 0 Å². The van der Waals surface area contributed by atoms with Crippen LogP contribution in [-0.4, -0.2) is 30.4 Å². The van der Waals surface area contributed by atoms with E-state index in [-0.39, 0.29) is 17.4 Å². The van der Waals surface area contributed by atoms with Gasteiger partial charge in [-0.25, -0.2) is 0 Å². The van der Waals surface area contributed by atoms with Crippen LogP contribution in [0.5, 0.6) is 0 Å². The van der Waals surface area contributed by atoms with Gasteiger partial charge >= 0.3 is 0 Å². The van der Waals surface area contributed by atoms with E-state index < -0.39 is 0 Å². The maximum Gasteiger partial charge on any atom is 0.287 e. The fourth-order valence-corrected chi connectivity index (χ4v) is 4.57. The van der Waals surface area contributed by atoms with Crippen LogP contribution >= 0.6 is 11.6 Å². The topological polar surface area (TPSA) is 45.5 Å². The van der Waals surface area contributed by atoms with Crippen molar-refractivity contribution in [2.45, 2.75) is 52.0 Å². The lowest BCUT2D eigenvalue weighted by Crippen LogP contribution is -2.37. The first-order valence-electron chi connectivity index (χ1n) is 11.1. The molecule has 2 heterocycles. The van der Waals surface area contributed by atoms with Crippen LogP contribution in [0.1, 0.15) is 66.9 Å².